The Labute approximate surface area is 119 Å². The molecule has 3 nitrogen and oxygen atoms in total. The highest BCUT2D eigenvalue weighted by Gasteiger charge is 2.25. The van der Waals surface area contributed by atoms with Crippen LogP contribution in [0.2, 0.25) is 5.02 Å². The van der Waals surface area contributed by atoms with Crippen molar-refractivity contribution in [3.05, 3.63) is 28.8 Å². The Balaban J connectivity index is 0.00000289. The molecule has 2 atom stereocenters. The molecular formula is C13H21Cl2NO2. The number of nitrogens with two attached hydrogens (primary N) is 1. The number of hydrogen-bond acceptors (Lipinski definition) is 3. The smallest absolute Gasteiger partial charge is 0.121 e. The van der Waals surface area contributed by atoms with Gasteiger partial charge in [-0.25, -0.2) is 0 Å². The molecule has 0 radical (unpaired) electrons. The highest BCUT2D eigenvalue weighted by atomic mass is 35.5. The first-order valence-electron chi connectivity index (χ1n) is 5.64. The minimum Gasteiger partial charge on any atom is -0.508 e. The minimum absolute atomic E-state index is 0. The van der Waals surface area contributed by atoms with Crippen LogP contribution in [-0.4, -0.2) is 16.3 Å². The Morgan fingerprint density at radius 2 is 1.89 bits per heavy atom. The number of aliphatic hydroxyl groups excluding tert-OH is 1. The second-order valence-corrected chi connectivity index (χ2v) is 5.86. The van der Waals surface area contributed by atoms with E-state index in [0.717, 1.165) is 0 Å². The van der Waals surface area contributed by atoms with Crippen molar-refractivity contribution in [2.45, 2.75) is 39.3 Å². The second kappa shape index (κ2) is 6.62. The van der Waals surface area contributed by atoms with E-state index in [0.29, 0.717) is 17.0 Å². The topological polar surface area (TPSA) is 66.5 Å². The Bertz CT molecular complexity index is 391. The molecule has 1 aromatic carbocycles. The summed E-state index contributed by atoms with van der Waals surface area (Å²) in [6, 6.07) is 4.47. The van der Waals surface area contributed by atoms with E-state index >= 15 is 0 Å². The second-order valence-electron chi connectivity index (χ2n) is 5.43. The molecular weight excluding hydrogens is 273 g/mol. The molecule has 0 aliphatic carbocycles. The van der Waals surface area contributed by atoms with Gasteiger partial charge < -0.3 is 15.9 Å². The van der Waals surface area contributed by atoms with Gasteiger partial charge in [0.1, 0.15) is 5.75 Å². The van der Waals surface area contributed by atoms with Gasteiger partial charge in [-0.05, 0) is 30.0 Å². The van der Waals surface area contributed by atoms with Crippen LogP contribution in [0.1, 0.15) is 38.9 Å². The van der Waals surface area contributed by atoms with Crippen LogP contribution in [-0.2, 0) is 0 Å². The van der Waals surface area contributed by atoms with Gasteiger partial charge >= 0.3 is 0 Å². The largest absolute Gasteiger partial charge is 0.508 e. The van der Waals surface area contributed by atoms with Gasteiger partial charge in [0.05, 0.1) is 6.10 Å². The summed E-state index contributed by atoms with van der Waals surface area (Å²) < 4.78 is 0. The number of halogens is 2. The van der Waals surface area contributed by atoms with E-state index in [9.17, 15) is 10.2 Å². The maximum absolute atomic E-state index is 10.1. The van der Waals surface area contributed by atoms with Crippen LogP contribution < -0.4 is 5.73 Å². The standard InChI is InChI=1S/C13H20ClNO2.ClH/c1-13(2,3)12(15)7-11(17)9-6-8(14)4-5-10(9)16;/h4-6,11-12,16-17H,7,15H2,1-3H3;1H/t11-,12+;/m1./s1. The highest BCUT2D eigenvalue weighted by Crippen LogP contribution is 2.32. The minimum atomic E-state index is -0.803. The number of aromatic hydroxyl groups is 1. The van der Waals surface area contributed by atoms with E-state index in [1.807, 2.05) is 20.8 Å². The third-order valence-corrected chi connectivity index (χ3v) is 3.17. The summed E-state index contributed by atoms with van der Waals surface area (Å²) in [5.41, 5.74) is 6.34. The van der Waals surface area contributed by atoms with Crippen molar-refractivity contribution in [1.29, 1.82) is 0 Å². The molecule has 4 N–H and O–H groups in total. The Hall–Kier alpha value is -0.480. The van der Waals surface area contributed by atoms with Crippen LogP contribution in [0.5, 0.6) is 5.75 Å². The summed E-state index contributed by atoms with van der Waals surface area (Å²) in [4.78, 5) is 0. The number of aliphatic hydroxyl groups is 1. The van der Waals surface area contributed by atoms with Gasteiger partial charge in [0.2, 0.25) is 0 Å². The molecule has 0 aliphatic heterocycles. The number of hydrogen-bond donors (Lipinski definition) is 3. The number of rotatable bonds is 3. The lowest BCUT2D eigenvalue weighted by Gasteiger charge is -2.29. The zero-order chi connectivity index (χ0) is 13.2. The van der Waals surface area contributed by atoms with Gasteiger partial charge in [-0.3, -0.25) is 0 Å². The predicted molar refractivity (Wildman–Crippen MR) is 77.4 cm³/mol. The summed E-state index contributed by atoms with van der Waals surface area (Å²) in [5.74, 6) is 0.0445. The van der Waals surface area contributed by atoms with Crippen molar-refractivity contribution < 1.29 is 10.2 Å². The summed E-state index contributed by atoms with van der Waals surface area (Å²) >= 11 is 5.83. The quantitative estimate of drug-likeness (QED) is 0.801. The molecule has 1 rings (SSSR count). The average molecular weight is 294 g/mol. The molecule has 0 amide bonds. The average Bonchev–Trinajstić information content (AvgIpc) is 2.20. The lowest BCUT2D eigenvalue weighted by molar-refractivity contribution is 0.131. The number of benzene rings is 1. The summed E-state index contributed by atoms with van der Waals surface area (Å²) in [5, 5.41) is 20.2. The Morgan fingerprint density at radius 1 is 1.33 bits per heavy atom. The molecule has 0 fully saturated rings. The molecule has 0 aliphatic rings. The molecule has 0 saturated carbocycles. The Kier molecular flexibility index (Phi) is 6.44. The van der Waals surface area contributed by atoms with E-state index in [2.05, 4.69) is 0 Å². The molecule has 5 heteroatoms. The van der Waals surface area contributed by atoms with E-state index in [1.54, 1.807) is 12.1 Å². The van der Waals surface area contributed by atoms with Crippen molar-refractivity contribution in [1.82, 2.24) is 0 Å². The van der Waals surface area contributed by atoms with E-state index in [-0.39, 0.29) is 29.6 Å². The van der Waals surface area contributed by atoms with Crippen LogP contribution in [0.4, 0.5) is 0 Å². The van der Waals surface area contributed by atoms with Crippen molar-refractivity contribution in [2.75, 3.05) is 0 Å². The van der Waals surface area contributed by atoms with Gasteiger partial charge in [-0.15, -0.1) is 12.4 Å². The van der Waals surface area contributed by atoms with Crippen LogP contribution >= 0.6 is 24.0 Å². The molecule has 0 aromatic heterocycles. The van der Waals surface area contributed by atoms with E-state index in [4.69, 9.17) is 17.3 Å². The first-order chi connectivity index (χ1) is 7.71. The normalized spacial score (nSPS) is 14.8. The summed E-state index contributed by atoms with van der Waals surface area (Å²) in [6.45, 7) is 6.05. The molecule has 1 aromatic rings. The first kappa shape index (κ1) is 17.5. The number of phenolic OH excluding ortho intramolecular Hbond substituents is 1. The predicted octanol–water partition coefficient (Wildman–Crippen LogP) is 3.26. The van der Waals surface area contributed by atoms with Crippen LogP contribution in [0.3, 0.4) is 0 Å². The van der Waals surface area contributed by atoms with Gasteiger partial charge in [-0.2, -0.15) is 0 Å². The van der Waals surface area contributed by atoms with E-state index < -0.39 is 6.10 Å². The molecule has 0 bridgehead atoms. The molecule has 18 heavy (non-hydrogen) atoms. The third-order valence-electron chi connectivity index (χ3n) is 2.94. The zero-order valence-corrected chi connectivity index (χ0v) is 12.4. The van der Waals surface area contributed by atoms with Crippen molar-refractivity contribution in [3.63, 3.8) is 0 Å². The molecule has 0 saturated heterocycles. The Morgan fingerprint density at radius 3 is 2.39 bits per heavy atom. The third kappa shape index (κ3) is 4.65. The van der Waals surface area contributed by atoms with Gasteiger partial charge in [0, 0.05) is 16.6 Å². The molecule has 0 spiro atoms. The fourth-order valence-corrected chi connectivity index (χ4v) is 1.69. The SMILES string of the molecule is CC(C)(C)[C@@H](N)C[C@@H](O)c1cc(Cl)ccc1O.Cl. The van der Waals surface area contributed by atoms with Gasteiger partial charge in [0.15, 0.2) is 0 Å². The van der Waals surface area contributed by atoms with Gasteiger partial charge in [0.25, 0.3) is 0 Å². The summed E-state index contributed by atoms with van der Waals surface area (Å²) in [6.07, 6.45) is -0.417. The molecule has 0 unspecified atom stereocenters. The fourth-order valence-electron chi connectivity index (χ4n) is 1.51. The first-order valence-corrected chi connectivity index (χ1v) is 6.01. The van der Waals surface area contributed by atoms with Crippen LogP contribution in [0.15, 0.2) is 18.2 Å². The maximum atomic E-state index is 10.1. The molecule has 0 heterocycles. The van der Waals surface area contributed by atoms with Gasteiger partial charge in [-0.1, -0.05) is 32.4 Å². The number of phenols is 1. The zero-order valence-electron chi connectivity index (χ0n) is 10.9. The fraction of sp³-hybridized carbons (Fsp3) is 0.538. The summed E-state index contributed by atoms with van der Waals surface area (Å²) in [7, 11) is 0. The lowest BCUT2D eigenvalue weighted by atomic mass is 9.83. The monoisotopic (exact) mass is 293 g/mol. The molecule has 104 valence electrons. The van der Waals surface area contributed by atoms with Crippen LogP contribution in [0.25, 0.3) is 0 Å². The van der Waals surface area contributed by atoms with E-state index in [1.165, 1.54) is 6.07 Å². The van der Waals surface area contributed by atoms with Crippen molar-refractivity contribution in [3.8, 4) is 5.75 Å². The van der Waals surface area contributed by atoms with Crippen LogP contribution in [0, 0.1) is 5.41 Å². The highest BCUT2D eigenvalue weighted by molar-refractivity contribution is 6.30. The van der Waals surface area contributed by atoms with Crippen molar-refractivity contribution >= 4 is 24.0 Å². The maximum Gasteiger partial charge on any atom is 0.121 e. The lowest BCUT2D eigenvalue weighted by Crippen LogP contribution is -2.36. The van der Waals surface area contributed by atoms with Crippen molar-refractivity contribution in [2.24, 2.45) is 11.1 Å².